The largest absolute Gasteiger partial charge is 0.507 e. The van der Waals surface area contributed by atoms with E-state index in [0.717, 1.165) is 21.7 Å². The molecular formula is C11H12N2OS. The summed E-state index contributed by atoms with van der Waals surface area (Å²) in [5.74, 6) is 0.251. The van der Waals surface area contributed by atoms with Gasteiger partial charge in [0.2, 0.25) is 0 Å². The molecular weight excluding hydrogens is 208 g/mol. The monoisotopic (exact) mass is 220 g/mol. The van der Waals surface area contributed by atoms with Crippen LogP contribution in [0.3, 0.4) is 0 Å². The molecule has 3 N–H and O–H groups in total. The minimum Gasteiger partial charge on any atom is -0.507 e. The number of nitrogens with zero attached hydrogens (tertiary/aromatic N) is 1. The molecule has 0 aliphatic rings. The Kier molecular flexibility index (Phi) is 2.70. The summed E-state index contributed by atoms with van der Waals surface area (Å²) in [6.45, 7) is 2.46. The van der Waals surface area contributed by atoms with Crippen LogP contribution in [-0.2, 0) is 6.54 Å². The van der Waals surface area contributed by atoms with E-state index in [2.05, 4.69) is 4.98 Å². The van der Waals surface area contributed by atoms with Crippen molar-refractivity contribution in [3.63, 3.8) is 0 Å². The maximum Gasteiger partial charge on any atom is 0.125 e. The van der Waals surface area contributed by atoms with Crippen molar-refractivity contribution in [2.75, 3.05) is 0 Å². The van der Waals surface area contributed by atoms with Crippen molar-refractivity contribution in [3.8, 4) is 17.0 Å². The van der Waals surface area contributed by atoms with Gasteiger partial charge in [-0.05, 0) is 24.6 Å². The molecule has 0 amide bonds. The molecule has 15 heavy (non-hydrogen) atoms. The molecule has 3 nitrogen and oxygen atoms in total. The fraction of sp³-hybridized carbons (Fsp3) is 0.182. The number of rotatable bonds is 2. The normalized spacial score (nSPS) is 10.5. The lowest BCUT2D eigenvalue weighted by atomic mass is 10.1. The first kappa shape index (κ1) is 10.1. The highest BCUT2D eigenvalue weighted by Crippen LogP contribution is 2.32. The smallest absolute Gasteiger partial charge is 0.125 e. The molecule has 2 rings (SSSR count). The lowest BCUT2D eigenvalue weighted by Crippen LogP contribution is -1.96. The topological polar surface area (TPSA) is 59.1 Å². The number of aryl methyl sites for hydroxylation is 1. The number of aromatic nitrogens is 1. The molecule has 0 saturated heterocycles. The molecule has 0 spiro atoms. The molecule has 4 heteroatoms. The molecule has 0 aliphatic carbocycles. The van der Waals surface area contributed by atoms with Gasteiger partial charge >= 0.3 is 0 Å². The molecule has 0 saturated carbocycles. The summed E-state index contributed by atoms with van der Waals surface area (Å²) >= 11 is 1.57. The zero-order chi connectivity index (χ0) is 10.8. The van der Waals surface area contributed by atoms with Crippen LogP contribution in [0.2, 0.25) is 0 Å². The number of hydrogen-bond acceptors (Lipinski definition) is 4. The number of aromatic hydroxyl groups is 1. The lowest BCUT2D eigenvalue weighted by molar-refractivity contribution is 0.477. The minimum atomic E-state index is 0.251. The summed E-state index contributed by atoms with van der Waals surface area (Å²) < 4.78 is 0. The van der Waals surface area contributed by atoms with Crippen LogP contribution in [0.15, 0.2) is 23.7 Å². The first-order chi connectivity index (χ1) is 7.22. The Morgan fingerprint density at radius 1 is 1.47 bits per heavy atom. The molecule has 78 valence electrons. The Bertz CT molecular complexity index is 479. The SMILES string of the molecule is Cc1scnc1-c1cc(CN)ccc1O. The summed E-state index contributed by atoms with van der Waals surface area (Å²) in [7, 11) is 0. The van der Waals surface area contributed by atoms with E-state index in [1.807, 2.05) is 19.1 Å². The van der Waals surface area contributed by atoms with Gasteiger partial charge in [-0.2, -0.15) is 0 Å². The van der Waals surface area contributed by atoms with Crippen LogP contribution >= 0.6 is 11.3 Å². The fourth-order valence-electron chi connectivity index (χ4n) is 1.46. The zero-order valence-corrected chi connectivity index (χ0v) is 9.21. The maximum atomic E-state index is 9.75. The van der Waals surface area contributed by atoms with Gasteiger partial charge in [-0.3, -0.25) is 0 Å². The third-order valence-corrected chi connectivity index (χ3v) is 3.05. The van der Waals surface area contributed by atoms with Crippen molar-refractivity contribution in [2.24, 2.45) is 5.73 Å². The van der Waals surface area contributed by atoms with E-state index in [1.165, 1.54) is 0 Å². The van der Waals surface area contributed by atoms with Gasteiger partial charge in [-0.15, -0.1) is 11.3 Å². The van der Waals surface area contributed by atoms with Crippen LogP contribution < -0.4 is 5.73 Å². The summed E-state index contributed by atoms with van der Waals surface area (Å²) in [6, 6.07) is 5.37. The number of hydrogen-bond donors (Lipinski definition) is 2. The molecule has 0 fully saturated rings. The predicted molar refractivity (Wildman–Crippen MR) is 61.8 cm³/mol. The minimum absolute atomic E-state index is 0.251. The molecule has 0 aliphatic heterocycles. The van der Waals surface area contributed by atoms with Gasteiger partial charge in [-0.1, -0.05) is 6.07 Å². The molecule has 0 radical (unpaired) electrons. The second-order valence-electron chi connectivity index (χ2n) is 3.31. The van der Waals surface area contributed by atoms with Gasteiger partial charge in [0.15, 0.2) is 0 Å². The fourth-order valence-corrected chi connectivity index (χ4v) is 2.05. The Morgan fingerprint density at radius 3 is 2.87 bits per heavy atom. The third kappa shape index (κ3) is 1.86. The Morgan fingerprint density at radius 2 is 2.27 bits per heavy atom. The van der Waals surface area contributed by atoms with Crippen LogP contribution in [0, 0.1) is 6.92 Å². The van der Waals surface area contributed by atoms with E-state index in [0.29, 0.717) is 6.54 Å². The van der Waals surface area contributed by atoms with Crippen LogP contribution in [0.4, 0.5) is 0 Å². The molecule has 0 unspecified atom stereocenters. The predicted octanol–water partition coefficient (Wildman–Crippen LogP) is 2.28. The quantitative estimate of drug-likeness (QED) is 0.816. The van der Waals surface area contributed by atoms with E-state index < -0.39 is 0 Å². The van der Waals surface area contributed by atoms with E-state index in [9.17, 15) is 5.11 Å². The highest BCUT2D eigenvalue weighted by molar-refractivity contribution is 7.10. The van der Waals surface area contributed by atoms with Gasteiger partial charge in [0.05, 0.1) is 11.2 Å². The van der Waals surface area contributed by atoms with Crippen molar-refractivity contribution < 1.29 is 5.11 Å². The van der Waals surface area contributed by atoms with Crippen molar-refractivity contribution in [2.45, 2.75) is 13.5 Å². The van der Waals surface area contributed by atoms with Crippen molar-refractivity contribution in [1.82, 2.24) is 4.98 Å². The van der Waals surface area contributed by atoms with Gasteiger partial charge in [-0.25, -0.2) is 4.98 Å². The standard InChI is InChI=1S/C11H12N2OS/c1-7-11(13-6-15-7)9-4-8(5-12)2-3-10(9)14/h2-4,6,14H,5,12H2,1H3. The van der Waals surface area contributed by atoms with Gasteiger partial charge in [0.25, 0.3) is 0 Å². The number of thiazole rings is 1. The summed E-state index contributed by atoms with van der Waals surface area (Å²) in [6.07, 6.45) is 0. The molecule has 1 heterocycles. The first-order valence-corrected chi connectivity index (χ1v) is 5.52. The van der Waals surface area contributed by atoms with E-state index >= 15 is 0 Å². The van der Waals surface area contributed by atoms with Crippen LogP contribution in [-0.4, -0.2) is 10.1 Å². The first-order valence-electron chi connectivity index (χ1n) is 4.65. The second-order valence-corrected chi connectivity index (χ2v) is 4.37. The number of nitrogens with two attached hydrogens (primary N) is 1. The Labute approximate surface area is 92.2 Å². The Hall–Kier alpha value is -1.39. The van der Waals surface area contributed by atoms with Crippen molar-refractivity contribution in [1.29, 1.82) is 0 Å². The lowest BCUT2D eigenvalue weighted by Gasteiger charge is -2.05. The highest BCUT2D eigenvalue weighted by Gasteiger charge is 2.10. The third-order valence-electron chi connectivity index (χ3n) is 2.30. The van der Waals surface area contributed by atoms with Crippen molar-refractivity contribution >= 4 is 11.3 Å². The summed E-state index contributed by atoms with van der Waals surface area (Å²) in [5, 5.41) is 9.75. The second kappa shape index (κ2) is 4.00. The molecule has 1 aromatic carbocycles. The van der Waals surface area contributed by atoms with Gasteiger partial charge in [0.1, 0.15) is 5.75 Å². The molecule has 1 aromatic heterocycles. The molecule has 0 bridgehead atoms. The maximum absolute atomic E-state index is 9.75. The number of benzene rings is 1. The van der Waals surface area contributed by atoms with Crippen LogP contribution in [0.5, 0.6) is 5.75 Å². The number of phenolic OH excluding ortho intramolecular Hbond substituents is 1. The average Bonchev–Trinajstić information content (AvgIpc) is 2.65. The summed E-state index contributed by atoms with van der Waals surface area (Å²) in [4.78, 5) is 5.34. The van der Waals surface area contributed by atoms with E-state index in [4.69, 9.17) is 5.73 Å². The summed E-state index contributed by atoms with van der Waals surface area (Å²) in [5.41, 5.74) is 9.93. The van der Waals surface area contributed by atoms with E-state index in [1.54, 1.807) is 22.9 Å². The van der Waals surface area contributed by atoms with Gasteiger partial charge < -0.3 is 10.8 Å². The highest BCUT2D eigenvalue weighted by atomic mass is 32.1. The average molecular weight is 220 g/mol. The van der Waals surface area contributed by atoms with Crippen LogP contribution in [0.25, 0.3) is 11.3 Å². The van der Waals surface area contributed by atoms with E-state index in [-0.39, 0.29) is 5.75 Å². The van der Waals surface area contributed by atoms with Gasteiger partial charge in [0, 0.05) is 17.0 Å². The van der Waals surface area contributed by atoms with Crippen molar-refractivity contribution in [3.05, 3.63) is 34.2 Å². The molecule has 0 atom stereocenters. The zero-order valence-electron chi connectivity index (χ0n) is 8.40. The Balaban J connectivity index is 2.56. The number of phenols is 1. The molecule has 2 aromatic rings. The van der Waals surface area contributed by atoms with Crippen LogP contribution in [0.1, 0.15) is 10.4 Å².